The lowest BCUT2D eigenvalue weighted by Gasteiger charge is -2.08. The lowest BCUT2D eigenvalue weighted by Crippen LogP contribution is -2.03. The van der Waals surface area contributed by atoms with Crippen molar-refractivity contribution in [2.45, 2.75) is 11.4 Å². The van der Waals surface area contributed by atoms with E-state index in [9.17, 15) is 13.2 Å². The maximum Gasteiger partial charge on any atom is 0.294 e. The molecule has 6 heteroatoms. The largest absolute Gasteiger partial charge is 0.381 e. The van der Waals surface area contributed by atoms with E-state index in [0.717, 1.165) is 11.3 Å². The van der Waals surface area contributed by atoms with Crippen LogP contribution in [0.3, 0.4) is 0 Å². The number of carbonyl (C=O) groups excluding carboxylic acids is 1. The third-order valence-electron chi connectivity index (χ3n) is 3.90. The molecule has 0 radical (unpaired) electrons. The first kappa shape index (κ1) is 17.8. The van der Waals surface area contributed by atoms with Gasteiger partial charge >= 0.3 is 0 Å². The summed E-state index contributed by atoms with van der Waals surface area (Å²) in [6.45, 7) is 0.519. The van der Waals surface area contributed by atoms with Crippen molar-refractivity contribution >= 4 is 21.6 Å². The van der Waals surface area contributed by atoms with Crippen LogP contribution in [0.1, 0.15) is 21.5 Å². The molecule has 0 heterocycles. The zero-order chi connectivity index (χ0) is 18.6. The van der Waals surface area contributed by atoms with Gasteiger partial charge in [0.25, 0.3) is 10.1 Å². The van der Waals surface area contributed by atoms with Gasteiger partial charge in [0.15, 0.2) is 5.78 Å². The Balaban J connectivity index is 1.64. The van der Waals surface area contributed by atoms with Gasteiger partial charge in [-0.25, -0.2) is 0 Å². The average Bonchev–Trinajstić information content (AvgIpc) is 2.66. The molecule has 132 valence electrons. The highest BCUT2D eigenvalue weighted by Crippen LogP contribution is 2.16. The Morgan fingerprint density at radius 1 is 0.808 bits per heavy atom. The second kappa shape index (κ2) is 7.51. The molecule has 0 unspecified atom stereocenters. The highest BCUT2D eigenvalue weighted by atomic mass is 32.2. The average molecular weight is 367 g/mol. The molecule has 0 fully saturated rings. The lowest BCUT2D eigenvalue weighted by molar-refractivity contribution is 0.103. The summed E-state index contributed by atoms with van der Waals surface area (Å²) in [5, 5.41) is 3.16. The smallest absolute Gasteiger partial charge is 0.294 e. The third kappa shape index (κ3) is 4.36. The van der Waals surface area contributed by atoms with Gasteiger partial charge in [-0.2, -0.15) is 8.42 Å². The van der Waals surface area contributed by atoms with Gasteiger partial charge in [0.1, 0.15) is 0 Å². The number of anilines is 1. The van der Waals surface area contributed by atoms with Gasteiger partial charge in [-0.3, -0.25) is 9.35 Å². The Kier molecular flexibility index (Phi) is 5.16. The molecule has 0 aliphatic heterocycles. The van der Waals surface area contributed by atoms with E-state index >= 15 is 0 Å². The minimum absolute atomic E-state index is 0.0223. The molecular formula is C20H17NO4S. The van der Waals surface area contributed by atoms with E-state index in [2.05, 4.69) is 5.32 Å². The van der Waals surface area contributed by atoms with Gasteiger partial charge in [0, 0.05) is 23.4 Å². The van der Waals surface area contributed by atoms with Crippen LogP contribution in [-0.4, -0.2) is 18.8 Å². The SMILES string of the molecule is O=C(c1ccccc1)c1ccc(CNc2ccc(S(=O)(=O)O)cc2)cc1. The van der Waals surface area contributed by atoms with Gasteiger partial charge in [-0.1, -0.05) is 54.6 Å². The first-order chi connectivity index (χ1) is 12.4. The van der Waals surface area contributed by atoms with Crippen molar-refractivity contribution in [3.8, 4) is 0 Å². The van der Waals surface area contributed by atoms with Crippen molar-refractivity contribution in [3.05, 3.63) is 95.6 Å². The summed E-state index contributed by atoms with van der Waals surface area (Å²) < 4.78 is 31.0. The minimum atomic E-state index is -4.18. The Morgan fingerprint density at radius 2 is 1.38 bits per heavy atom. The molecule has 3 aromatic carbocycles. The number of hydrogen-bond donors (Lipinski definition) is 2. The molecule has 5 nitrogen and oxygen atoms in total. The quantitative estimate of drug-likeness (QED) is 0.512. The van der Waals surface area contributed by atoms with E-state index in [0.29, 0.717) is 17.7 Å². The van der Waals surface area contributed by atoms with Crippen LogP contribution in [-0.2, 0) is 16.7 Å². The molecule has 0 spiro atoms. The van der Waals surface area contributed by atoms with E-state index in [-0.39, 0.29) is 10.7 Å². The summed E-state index contributed by atoms with van der Waals surface area (Å²) in [5.74, 6) is -0.0223. The van der Waals surface area contributed by atoms with Gasteiger partial charge in [0.2, 0.25) is 0 Å². The molecule has 2 N–H and O–H groups in total. The van der Waals surface area contributed by atoms with Crippen LogP contribution in [0, 0.1) is 0 Å². The minimum Gasteiger partial charge on any atom is -0.381 e. The first-order valence-electron chi connectivity index (χ1n) is 7.93. The van der Waals surface area contributed by atoms with Crippen molar-refractivity contribution in [1.29, 1.82) is 0 Å². The summed E-state index contributed by atoms with van der Waals surface area (Å²) in [6.07, 6.45) is 0. The standard InChI is InChI=1S/C20H17NO4S/c22-20(16-4-2-1-3-5-16)17-8-6-15(7-9-17)14-21-18-10-12-19(13-11-18)26(23,24)25/h1-13,21H,14H2,(H,23,24,25). The topological polar surface area (TPSA) is 83.5 Å². The van der Waals surface area contributed by atoms with Crippen LogP contribution in [0.2, 0.25) is 0 Å². The molecule has 0 aliphatic rings. The Morgan fingerprint density at radius 3 is 1.96 bits per heavy atom. The predicted octanol–water partition coefficient (Wildman–Crippen LogP) is 3.78. The fraction of sp³-hybridized carbons (Fsp3) is 0.0500. The fourth-order valence-electron chi connectivity index (χ4n) is 2.48. The molecule has 0 saturated carbocycles. The van der Waals surface area contributed by atoms with Gasteiger partial charge in [0.05, 0.1) is 4.90 Å². The van der Waals surface area contributed by atoms with E-state index in [1.807, 2.05) is 30.3 Å². The monoisotopic (exact) mass is 367 g/mol. The van der Waals surface area contributed by atoms with Crippen LogP contribution in [0.15, 0.2) is 83.8 Å². The molecule has 0 aliphatic carbocycles. The summed E-state index contributed by atoms with van der Waals surface area (Å²) in [7, 11) is -4.18. The summed E-state index contributed by atoms with van der Waals surface area (Å²) in [5.41, 5.74) is 2.98. The normalized spacial score (nSPS) is 11.1. The first-order valence-corrected chi connectivity index (χ1v) is 9.37. The number of benzene rings is 3. The zero-order valence-electron chi connectivity index (χ0n) is 13.8. The summed E-state index contributed by atoms with van der Waals surface area (Å²) in [6, 6.07) is 22.2. The third-order valence-corrected chi connectivity index (χ3v) is 4.77. The maximum atomic E-state index is 12.4. The van der Waals surface area contributed by atoms with Crippen LogP contribution >= 0.6 is 0 Å². The maximum absolute atomic E-state index is 12.4. The van der Waals surface area contributed by atoms with Crippen molar-refractivity contribution in [2.75, 3.05) is 5.32 Å². The zero-order valence-corrected chi connectivity index (χ0v) is 14.6. The van der Waals surface area contributed by atoms with E-state index < -0.39 is 10.1 Å². The van der Waals surface area contributed by atoms with E-state index in [1.54, 1.807) is 36.4 Å². The highest BCUT2D eigenvalue weighted by molar-refractivity contribution is 7.85. The molecule has 0 amide bonds. The molecule has 3 aromatic rings. The van der Waals surface area contributed by atoms with Crippen LogP contribution < -0.4 is 5.32 Å². The molecule has 26 heavy (non-hydrogen) atoms. The summed E-state index contributed by atoms with van der Waals surface area (Å²) in [4.78, 5) is 12.2. The molecule has 0 aromatic heterocycles. The van der Waals surface area contributed by atoms with E-state index in [1.165, 1.54) is 12.1 Å². The van der Waals surface area contributed by atoms with Crippen LogP contribution in [0.4, 0.5) is 5.69 Å². The van der Waals surface area contributed by atoms with Crippen LogP contribution in [0.25, 0.3) is 0 Å². The second-order valence-electron chi connectivity index (χ2n) is 5.75. The number of carbonyl (C=O) groups is 1. The van der Waals surface area contributed by atoms with Crippen molar-refractivity contribution in [2.24, 2.45) is 0 Å². The van der Waals surface area contributed by atoms with Crippen molar-refractivity contribution in [1.82, 2.24) is 0 Å². The van der Waals surface area contributed by atoms with Crippen LogP contribution in [0.5, 0.6) is 0 Å². The molecule has 0 bridgehead atoms. The fourth-order valence-corrected chi connectivity index (χ4v) is 2.96. The van der Waals surface area contributed by atoms with Gasteiger partial charge in [-0.05, 0) is 29.8 Å². The molecule has 3 rings (SSSR count). The predicted molar refractivity (Wildman–Crippen MR) is 99.9 cm³/mol. The number of nitrogens with one attached hydrogen (secondary N) is 1. The number of hydrogen-bond acceptors (Lipinski definition) is 4. The molecule has 0 saturated heterocycles. The summed E-state index contributed by atoms with van der Waals surface area (Å²) >= 11 is 0. The Bertz CT molecular complexity index is 996. The Labute approximate surface area is 152 Å². The van der Waals surface area contributed by atoms with Crippen molar-refractivity contribution < 1.29 is 17.8 Å². The Hall–Kier alpha value is -2.96. The van der Waals surface area contributed by atoms with Crippen molar-refractivity contribution in [3.63, 3.8) is 0 Å². The lowest BCUT2D eigenvalue weighted by atomic mass is 10.0. The highest BCUT2D eigenvalue weighted by Gasteiger charge is 2.09. The second-order valence-corrected chi connectivity index (χ2v) is 7.17. The van der Waals surface area contributed by atoms with E-state index in [4.69, 9.17) is 4.55 Å². The van der Waals surface area contributed by atoms with Gasteiger partial charge in [-0.15, -0.1) is 0 Å². The van der Waals surface area contributed by atoms with Gasteiger partial charge < -0.3 is 5.32 Å². The molecule has 0 atom stereocenters. The molecular weight excluding hydrogens is 350 g/mol. The number of rotatable bonds is 6. The number of ketones is 1.